The van der Waals surface area contributed by atoms with E-state index in [0.717, 1.165) is 4.90 Å². The van der Waals surface area contributed by atoms with Crippen LogP contribution in [0.3, 0.4) is 0 Å². The topological polar surface area (TPSA) is 95.0 Å². The van der Waals surface area contributed by atoms with Crippen LogP contribution >= 0.6 is 0 Å². The van der Waals surface area contributed by atoms with E-state index >= 15 is 0 Å². The van der Waals surface area contributed by atoms with Crippen molar-refractivity contribution < 1.29 is 19.1 Å². The van der Waals surface area contributed by atoms with E-state index in [1.54, 1.807) is 0 Å². The molecule has 0 bridgehead atoms. The summed E-state index contributed by atoms with van der Waals surface area (Å²) >= 11 is 0. The number of nitrogens with one attached hydrogen (secondary N) is 1. The molecule has 1 saturated heterocycles. The molecular formula is C6H8N4O3. The first kappa shape index (κ1) is 9.37. The van der Waals surface area contributed by atoms with Gasteiger partial charge in [-0.1, -0.05) is 0 Å². The van der Waals surface area contributed by atoms with Crippen molar-refractivity contribution in [1.29, 1.82) is 0 Å². The number of carbonyl (C=O) groups excluding carboxylic acids is 2. The molecule has 1 fully saturated rings. The van der Waals surface area contributed by atoms with Gasteiger partial charge in [0.25, 0.3) is 0 Å². The Bertz CT molecular complexity index is 307. The quantitative estimate of drug-likeness (QED) is 0.410. The van der Waals surface area contributed by atoms with Gasteiger partial charge in [0.2, 0.25) is 6.23 Å². The van der Waals surface area contributed by atoms with Gasteiger partial charge in [-0.2, -0.15) is 4.79 Å². The number of rotatable bonds is 1. The number of urea groups is 1. The molecule has 1 rings (SSSR count). The van der Waals surface area contributed by atoms with Gasteiger partial charge in [0.05, 0.1) is 0 Å². The molecule has 0 saturated carbocycles. The van der Waals surface area contributed by atoms with Crippen LogP contribution in [0.1, 0.15) is 0 Å². The normalized spacial score (nSPS) is 22.8. The first-order valence-electron chi connectivity index (χ1n) is 3.44. The molecule has 0 aromatic heterocycles. The Kier molecular flexibility index (Phi) is 2.41. The summed E-state index contributed by atoms with van der Waals surface area (Å²) in [6.45, 7) is 0. The number of nitrogens with zero attached hydrogens (tertiary/aromatic N) is 3. The van der Waals surface area contributed by atoms with Crippen molar-refractivity contribution in [2.45, 2.75) is 6.23 Å². The van der Waals surface area contributed by atoms with Crippen LogP contribution in [0.15, 0.2) is 0 Å². The predicted octanol–water partition coefficient (Wildman–Crippen LogP) is -1.19. The monoisotopic (exact) mass is 184 g/mol. The number of ether oxygens (including phenoxy) is 1. The highest BCUT2D eigenvalue weighted by Crippen LogP contribution is 2.04. The number of imide groups is 1. The van der Waals surface area contributed by atoms with Gasteiger partial charge in [-0.15, -0.1) is 0 Å². The van der Waals surface area contributed by atoms with E-state index < -0.39 is 18.2 Å². The zero-order valence-electron chi connectivity index (χ0n) is 7.14. The molecule has 0 aromatic rings. The van der Waals surface area contributed by atoms with Crippen molar-refractivity contribution in [3.05, 3.63) is 5.53 Å². The molecule has 0 aromatic carbocycles. The summed E-state index contributed by atoms with van der Waals surface area (Å²) in [5.41, 5.74) is 8.23. The summed E-state index contributed by atoms with van der Waals surface area (Å²) in [5.74, 6) is -0.752. The van der Waals surface area contributed by atoms with Crippen LogP contribution in [0.5, 0.6) is 0 Å². The van der Waals surface area contributed by atoms with Gasteiger partial charge in [0.15, 0.2) is 0 Å². The van der Waals surface area contributed by atoms with E-state index in [0.29, 0.717) is 0 Å². The summed E-state index contributed by atoms with van der Waals surface area (Å²) in [6.07, 6.45) is -0.939. The maximum Gasteiger partial charge on any atom is 0.405 e. The second kappa shape index (κ2) is 3.34. The Balaban J connectivity index is 3.04. The lowest BCUT2D eigenvalue weighted by atomic mass is 10.2. The molecular weight excluding hydrogens is 176 g/mol. The summed E-state index contributed by atoms with van der Waals surface area (Å²) in [4.78, 5) is 25.9. The van der Waals surface area contributed by atoms with Crippen LogP contribution in [0.2, 0.25) is 0 Å². The molecule has 70 valence electrons. The Morgan fingerprint density at radius 3 is 2.69 bits per heavy atom. The standard InChI is InChI=1S/C6H8N4O3/c1-10-5(13-2)3(9-7)4(11)8-6(10)12/h5H,1-2H3,(H,8,11,12)/t5-/m1/s1. The van der Waals surface area contributed by atoms with Crippen LogP contribution in [-0.4, -0.2) is 47.7 Å². The summed E-state index contributed by atoms with van der Waals surface area (Å²) in [5, 5.41) is 1.97. The Morgan fingerprint density at radius 1 is 1.62 bits per heavy atom. The molecule has 1 heterocycles. The number of hydrogen-bond donors (Lipinski definition) is 1. The van der Waals surface area contributed by atoms with Crippen molar-refractivity contribution in [3.63, 3.8) is 0 Å². The maximum atomic E-state index is 11.0. The maximum absolute atomic E-state index is 11.0. The van der Waals surface area contributed by atoms with Crippen molar-refractivity contribution in [2.75, 3.05) is 14.2 Å². The lowest BCUT2D eigenvalue weighted by Crippen LogP contribution is -2.60. The van der Waals surface area contributed by atoms with E-state index in [1.807, 2.05) is 5.32 Å². The molecule has 1 N–H and O–H groups in total. The van der Waals surface area contributed by atoms with Gasteiger partial charge >= 0.3 is 17.6 Å². The third kappa shape index (κ3) is 1.42. The van der Waals surface area contributed by atoms with Gasteiger partial charge < -0.3 is 10.3 Å². The van der Waals surface area contributed by atoms with Crippen molar-refractivity contribution in [3.8, 4) is 0 Å². The minimum atomic E-state index is -0.939. The van der Waals surface area contributed by atoms with E-state index in [4.69, 9.17) is 10.3 Å². The lowest BCUT2D eigenvalue weighted by molar-refractivity contribution is -0.124. The molecule has 1 aliphatic heterocycles. The van der Waals surface area contributed by atoms with Crippen LogP contribution < -0.4 is 5.32 Å². The van der Waals surface area contributed by atoms with Crippen LogP contribution in [0.25, 0.3) is 5.53 Å². The fourth-order valence-electron chi connectivity index (χ4n) is 1.02. The van der Waals surface area contributed by atoms with Crippen molar-refractivity contribution in [1.82, 2.24) is 10.2 Å². The molecule has 13 heavy (non-hydrogen) atoms. The van der Waals surface area contributed by atoms with Gasteiger partial charge in [0.1, 0.15) is 0 Å². The molecule has 0 radical (unpaired) electrons. The summed E-state index contributed by atoms with van der Waals surface area (Å²) < 4.78 is 4.80. The number of methoxy groups -OCH3 is 1. The SMILES string of the molecule is CO[C@@H]1C(=[N+]=[N-])C(=O)NC(=O)N1C. The zero-order chi connectivity index (χ0) is 10.0. The second-order valence-corrected chi connectivity index (χ2v) is 2.44. The van der Waals surface area contributed by atoms with Gasteiger partial charge in [-0.25, -0.2) is 4.79 Å². The van der Waals surface area contributed by atoms with Gasteiger partial charge in [-0.3, -0.25) is 15.0 Å². The van der Waals surface area contributed by atoms with Crippen molar-refractivity contribution >= 4 is 17.6 Å². The third-order valence-corrected chi connectivity index (χ3v) is 1.69. The fourth-order valence-corrected chi connectivity index (χ4v) is 1.02. The molecule has 3 amide bonds. The minimum absolute atomic E-state index is 0.246. The third-order valence-electron chi connectivity index (χ3n) is 1.69. The molecule has 1 atom stereocenters. The zero-order valence-corrected chi connectivity index (χ0v) is 7.14. The van der Waals surface area contributed by atoms with Crippen molar-refractivity contribution in [2.24, 2.45) is 0 Å². The average Bonchev–Trinajstić information content (AvgIpc) is 2.10. The molecule has 0 unspecified atom stereocenters. The second-order valence-electron chi connectivity index (χ2n) is 2.44. The fraction of sp³-hybridized carbons (Fsp3) is 0.500. The number of carbonyl (C=O) groups is 2. The molecule has 0 spiro atoms. The molecule has 7 heteroatoms. The summed E-state index contributed by atoms with van der Waals surface area (Å²) in [6, 6.07) is -0.593. The molecule has 1 aliphatic rings. The Hall–Kier alpha value is -1.72. The minimum Gasteiger partial charge on any atom is -0.361 e. The van der Waals surface area contributed by atoms with Crippen LogP contribution in [0, 0.1) is 0 Å². The van der Waals surface area contributed by atoms with Gasteiger partial charge in [0, 0.05) is 14.2 Å². The first-order chi connectivity index (χ1) is 6.11. The average molecular weight is 184 g/mol. The lowest BCUT2D eigenvalue weighted by Gasteiger charge is -2.26. The van der Waals surface area contributed by atoms with E-state index in [-0.39, 0.29) is 5.71 Å². The summed E-state index contributed by atoms with van der Waals surface area (Å²) in [7, 11) is 2.72. The molecule has 7 nitrogen and oxygen atoms in total. The highest BCUT2D eigenvalue weighted by molar-refractivity contribution is 6.42. The van der Waals surface area contributed by atoms with Crippen LogP contribution in [-0.2, 0) is 9.53 Å². The predicted molar refractivity (Wildman–Crippen MR) is 40.7 cm³/mol. The van der Waals surface area contributed by atoms with E-state index in [2.05, 4.69) is 4.79 Å². The van der Waals surface area contributed by atoms with E-state index in [1.165, 1.54) is 14.2 Å². The van der Waals surface area contributed by atoms with Crippen LogP contribution in [0.4, 0.5) is 4.79 Å². The highest BCUT2D eigenvalue weighted by atomic mass is 16.5. The smallest absolute Gasteiger partial charge is 0.361 e. The Labute approximate surface area is 73.9 Å². The van der Waals surface area contributed by atoms with Gasteiger partial charge in [-0.05, 0) is 0 Å². The van der Waals surface area contributed by atoms with E-state index in [9.17, 15) is 9.59 Å². The first-order valence-corrected chi connectivity index (χ1v) is 3.44. The largest absolute Gasteiger partial charge is 0.405 e. The Morgan fingerprint density at radius 2 is 2.23 bits per heavy atom. The molecule has 0 aliphatic carbocycles. The number of hydrogen-bond acceptors (Lipinski definition) is 3. The highest BCUT2D eigenvalue weighted by Gasteiger charge is 2.42. The number of amides is 3.